The fourth-order valence-corrected chi connectivity index (χ4v) is 6.07. The number of nitrogens with two attached hydrogens (primary N) is 2. The molecule has 30 heavy (non-hydrogen) atoms. The van der Waals surface area contributed by atoms with Crippen molar-refractivity contribution in [3.63, 3.8) is 0 Å². The van der Waals surface area contributed by atoms with E-state index in [2.05, 4.69) is 0 Å². The molecule has 0 spiro atoms. The lowest BCUT2D eigenvalue weighted by atomic mass is 9.97. The van der Waals surface area contributed by atoms with E-state index in [9.17, 15) is 13.2 Å². The Morgan fingerprint density at radius 3 is 2.37 bits per heavy atom. The number of aryl methyl sites for hydroxylation is 1. The number of nitrogens with zero attached hydrogens (tertiary/aromatic N) is 1. The van der Waals surface area contributed by atoms with Gasteiger partial charge in [-0.25, -0.2) is 8.42 Å². The summed E-state index contributed by atoms with van der Waals surface area (Å²) in [6.45, 7) is 2.04. The van der Waals surface area contributed by atoms with Gasteiger partial charge in [-0.3, -0.25) is 10.2 Å². The number of likely N-dealkylation sites (tertiary alicyclic amines) is 1. The zero-order valence-corrected chi connectivity index (χ0v) is 17.9. The van der Waals surface area contributed by atoms with Gasteiger partial charge in [0.15, 0.2) is 0 Å². The van der Waals surface area contributed by atoms with Gasteiger partial charge in [0.25, 0.3) is 0 Å². The Balaban J connectivity index is 2.02. The van der Waals surface area contributed by atoms with E-state index in [0.717, 1.165) is 11.1 Å². The van der Waals surface area contributed by atoms with Crippen LogP contribution in [0.3, 0.4) is 0 Å². The number of carbonyl (C=O) groups excluding carboxylic acids is 1. The molecule has 0 saturated carbocycles. The van der Waals surface area contributed by atoms with Gasteiger partial charge in [0, 0.05) is 6.54 Å². The van der Waals surface area contributed by atoms with Crippen molar-refractivity contribution in [1.82, 2.24) is 4.90 Å². The summed E-state index contributed by atoms with van der Waals surface area (Å²) in [4.78, 5) is 12.7. The maximum absolute atomic E-state index is 13.7. The second-order valence-corrected chi connectivity index (χ2v) is 9.91. The van der Waals surface area contributed by atoms with Crippen LogP contribution in [-0.2, 0) is 21.1 Å². The lowest BCUT2D eigenvalue weighted by Crippen LogP contribution is -2.67. The molecule has 5 N–H and O–H groups in total. The third-order valence-electron chi connectivity index (χ3n) is 5.66. The van der Waals surface area contributed by atoms with E-state index in [0.29, 0.717) is 12.8 Å². The van der Waals surface area contributed by atoms with E-state index in [4.69, 9.17) is 16.9 Å². The van der Waals surface area contributed by atoms with Gasteiger partial charge in [-0.05, 0) is 50.3 Å². The maximum atomic E-state index is 13.7. The van der Waals surface area contributed by atoms with Gasteiger partial charge in [-0.15, -0.1) is 0 Å². The first kappa shape index (κ1) is 22.0. The summed E-state index contributed by atoms with van der Waals surface area (Å²) in [5.74, 6) is -1.06. The minimum atomic E-state index is -4.14. The first-order chi connectivity index (χ1) is 14.2. The highest BCUT2D eigenvalue weighted by atomic mass is 32.2. The molecule has 1 aliphatic rings. The summed E-state index contributed by atoms with van der Waals surface area (Å²) in [7, 11) is -4.14. The number of sulfone groups is 1. The number of hydrogen-bond acceptors (Lipinski definition) is 5. The summed E-state index contributed by atoms with van der Waals surface area (Å²) >= 11 is 0. The highest BCUT2D eigenvalue weighted by Gasteiger charge is 2.55. The number of benzene rings is 2. The van der Waals surface area contributed by atoms with Crippen molar-refractivity contribution in [2.75, 3.05) is 6.54 Å². The monoisotopic (exact) mass is 428 g/mol. The molecule has 0 aromatic heterocycles. The molecule has 8 heteroatoms. The molecule has 2 aromatic carbocycles. The van der Waals surface area contributed by atoms with Gasteiger partial charge < -0.3 is 16.4 Å². The normalized spacial score (nSPS) is 20.5. The summed E-state index contributed by atoms with van der Waals surface area (Å²) in [5.41, 5.74) is 13.9. The molecule has 7 nitrogen and oxygen atoms in total. The van der Waals surface area contributed by atoms with Crippen molar-refractivity contribution >= 4 is 21.6 Å². The fourth-order valence-electron chi connectivity index (χ4n) is 4.01. The van der Waals surface area contributed by atoms with Gasteiger partial charge in [0.1, 0.15) is 5.84 Å². The topological polar surface area (TPSA) is 130 Å². The average molecular weight is 429 g/mol. The minimum Gasteiger partial charge on any atom is -0.385 e. The predicted octanol–water partition coefficient (Wildman–Crippen LogP) is 1.98. The highest BCUT2D eigenvalue weighted by molar-refractivity contribution is 7.93. The molecule has 1 aliphatic heterocycles. The van der Waals surface area contributed by atoms with E-state index in [1.807, 2.05) is 37.3 Å². The Morgan fingerprint density at radius 1 is 1.13 bits per heavy atom. The standard InChI is InChI=1S/C22H28N4O3S/c1-16-9-11-18(12-10-16)30(28,29)22(21(24)25)13-5-6-14-26(22)20(27)19(23)15-17-7-3-2-4-8-17/h2-4,7-12,19H,5-6,13-15,23H2,1H3,(H3,24,25)/t19-,22?/m0/s1. The Bertz CT molecular complexity index is 1020. The molecule has 160 valence electrons. The first-order valence-electron chi connectivity index (χ1n) is 9.97. The van der Waals surface area contributed by atoms with Crippen LogP contribution in [0.25, 0.3) is 0 Å². The van der Waals surface area contributed by atoms with Crippen LogP contribution in [0, 0.1) is 12.3 Å². The van der Waals surface area contributed by atoms with Gasteiger partial charge in [0.05, 0.1) is 10.9 Å². The number of hydrogen-bond donors (Lipinski definition) is 3. The molecule has 0 radical (unpaired) electrons. The number of carbonyl (C=O) groups is 1. The van der Waals surface area contributed by atoms with Gasteiger partial charge in [-0.1, -0.05) is 48.0 Å². The Hall–Kier alpha value is -2.71. The number of rotatable bonds is 6. The highest BCUT2D eigenvalue weighted by Crippen LogP contribution is 2.38. The zero-order chi connectivity index (χ0) is 21.9. The van der Waals surface area contributed by atoms with Crippen LogP contribution in [0.5, 0.6) is 0 Å². The summed E-state index contributed by atoms with van der Waals surface area (Å²) in [6.07, 6.45) is 1.52. The van der Waals surface area contributed by atoms with Gasteiger partial charge in [-0.2, -0.15) is 0 Å². The number of piperidine rings is 1. The lowest BCUT2D eigenvalue weighted by Gasteiger charge is -2.46. The summed E-state index contributed by atoms with van der Waals surface area (Å²) in [6, 6.07) is 14.8. The summed E-state index contributed by atoms with van der Waals surface area (Å²) < 4.78 is 27.4. The number of nitrogens with one attached hydrogen (secondary N) is 1. The van der Waals surface area contributed by atoms with Gasteiger partial charge >= 0.3 is 0 Å². The third-order valence-corrected chi connectivity index (χ3v) is 8.09. The van der Waals surface area contributed by atoms with E-state index >= 15 is 0 Å². The van der Waals surface area contributed by atoms with Crippen molar-refractivity contribution in [1.29, 1.82) is 5.41 Å². The Labute approximate surface area is 177 Å². The number of amides is 1. The Kier molecular flexibility index (Phi) is 6.28. The molecule has 1 unspecified atom stereocenters. The van der Waals surface area contributed by atoms with E-state index < -0.39 is 32.5 Å². The molecule has 2 aromatic rings. The van der Waals surface area contributed by atoms with Crippen LogP contribution in [-0.4, -0.2) is 42.5 Å². The maximum Gasteiger partial charge on any atom is 0.241 e. The van der Waals surface area contributed by atoms with Gasteiger partial charge in [0.2, 0.25) is 20.6 Å². The summed E-state index contributed by atoms with van der Waals surface area (Å²) in [5, 5.41) is 8.23. The predicted molar refractivity (Wildman–Crippen MR) is 117 cm³/mol. The van der Waals surface area contributed by atoms with Crippen LogP contribution < -0.4 is 11.5 Å². The minimum absolute atomic E-state index is 0.0413. The third kappa shape index (κ3) is 3.85. The first-order valence-corrected chi connectivity index (χ1v) is 11.5. The number of amidine groups is 1. The van der Waals surface area contributed by atoms with Crippen molar-refractivity contribution in [2.24, 2.45) is 11.5 Å². The van der Waals surface area contributed by atoms with Crippen LogP contribution in [0.2, 0.25) is 0 Å². The molecule has 1 heterocycles. The van der Waals surface area contributed by atoms with Crippen molar-refractivity contribution < 1.29 is 13.2 Å². The van der Waals surface area contributed by atoms with E-state index in [1.54, 1.807) is 12.1 Å². The SMILES string of the molecule is Cc1ccc(S(=O)(=O)C2(C(=N)N)CCCCN2C(=O)[C@@H](N)Cc2ccccc2)cc1. The molecular weight excluding hydrogens is 400 g/mol. The fraction of sp³-hybridized carbons (Fsp3) is 0.364. The average Bonchev–Trinajstić information content (AvgIpc) is 2.73. The second-order valence-electron chi connectivity index (χ2n) is 7.76. The molecule has 1 amide bonds. The van der Waals surface area contributed by atoms with Crippen molar-refractivity contribution in [2.45, 2.75) is 48.4 Å². The zero-order valence-electron chi connectivity index (χ0n) is 17.0. The smallest absolute Gasteiger partial charge is 0.241 e. The molecule has 0 aliphatic carbocycles. The van der Waals surface area contributed by atoms with Crippen LogP contribution >= 0.6 is 0 Å². The Morgan fingerprint density at radius 2 is 1.77 bits per heavy atom. The van der Waals surface area contributed by atoms with Crippen molar-refractivity contribution in [3.05, 3.63) is 65.7 Å². The van der Waals surface area contributed by atoms with Crippen LogP contribution in [0.1, 0.15) is 30.4 Å². The second kappa shape index (κ2) is 8.57. The molecule has 2 atom stereocenters. The van der Waals surface area contributed by atoms with Crippen LogP contribution in [0.15, 0.2) is 59.5 Å². The van der Waals surface area contributed by atoms with Crippen LogP contribution in [0.4, 0.5) is 0 Å². The van der Waals surface area contributed by atoms with E-state index in [-0.39, 0.29) is 24.3 Å². The van der Waals surface area contributed by atoms with Crippen molar-refractivity contribution in [3.8, 4) is 0 Å². The lowest BCUT2D eigenvalue weighted by molar-refractivity contribution is -0.136. The molecule has 0 bridgehead atoms. The largest absolute Gasteiger partial charge is 0.385 e. The molecule has 1 fully saturated rings. The molecular formula is C22H28N4O3S. The molecule has 3 rings (SSSR count). The van der Waals surface area contributed by atoms with E-state index in [1.165, 1.54) is 17.0 Å². The molecule has 1 saturated heterocycles. The quantitative estimate of drug-likeness (QED) is 0.478.